The molecule has 1 unspecified atom stereocenters. The van der Waals surface area contributed by atoms with Crippen molar-refractivity contribution in [3.8, 4) is 0 Å². The Labute approximate surface area is 94.1 Å². The number of hydrogen-bond acceptors (Lipinski definition) is 4. The average Bonchev–Trinajstić information content (AvgIpc) is 2.30. The Hall–Kier alpha value is -1.49. The topological polar surface area (TPSA) is 66.3 Å². The van der Waals surface area contributed by atoms with E-state index in [1.54, 1.807) is 18.6 Å². The molecule has 16 heavy (non-hydrogen) atoms. The zero-order chi connectivity index (χ0) is 11.4. The Kier molecular flexibility index (Phi) is 3.46. The number of aromatic nitrogens is 2. The Morgan fingerprint density at radius 1 is 1.50 bits per heavy atom. The Morgan fingerprint density at radius 2 is 2.38 bits per heavy atom. The minimum atomic E-state index is -0.627. The van der Waals surface area contributed by atoms with Crippen molar-refractivity contribution >= 4 is 5.91 Å². The maximum Gasteiger partial charge on any atom is 0.224 e. The van der Waals surface area contributed by atoms with Gasteiger partial charge in [0.15, 0.2) is 0 Å². The SMILES string of the molecule is O=C1CCCC(O)N1CCc1cnccn1. The smallest absolute Gasteiger partial charge is 0.224 e. The lowest BCUT2D eigenvalue weighted by atomic mass is 10.1. The van der Waals surface area contributed by atoms with Gasteiger partial charge in [-0.25, -0.2) is 0 Å². The molecule has 1 aliphatic heterocycles. The average molecular weight is 221 g/mol. The molecule has 2 rings (SSSR count). The van der Waals surface area contributed by atoms with E-state index in [1.165, 1.54) is 4.90 Å². The van der Waals surface area contributed by atoms with Crippen molar-refractivity contribution in [2.24, 2.45) is 0 Å². The second-order valence-electron chi connectivity index (χ2n) is 3.91. The molecular formula is C11H15N3O2. The standard InChI is InChI=1S/C11H15N3O2/c15-10-2-1-3-11(16)14(10)7-4-9-8-12-5-6-13-9/h5-6,8,10,15H,1-4,7H2. The summed E-state index contributed by atoms with van der Waals surface area (Å²) in [6, 6.07) is 0. The molecule has 1 atom stereocenters. The normalized spacial score (nSPS) is 21.2. The van der Waals surface area contributed by atoms with Crippen LogP contribution in [-0.4, -0.2) is 38.7 Å². The van der Waals surface area contributed by atoms with Crippen LogP contribution in [0.25, 0.3) is 0 Å². The van der Waals surface area contributed by atoms with E-state index < -0.39 is 6.23 Å². The van der Waals surface area contributed by atoms with Crippen LogP contribution < -0.4 is 0 Å². The first-order valence-electron chi connectivity index (χ1n) is 5.50. The van der Waals surface area contributed by atoms with Gasteiger partial charge < -0.3 is 10.0 Å². The lowest BCUT2D eigenvalue weighted by Crippen LogP contribution is -2.44. The van der Waals surface area contributed by atoms with Crippen LogP contribution in [0.4, 0.5) is 0 Å². The predicted molar refractivity (Wildman–Crippen MR) is 57.3 cm³/mol. The fourth-order valence-corrected chi connectivity index (χ4v) is 1.87. The van der Waals surface area contributed by atoms with Crippen molar-refractivity contribution in [2.45, 2.75) is 31.9 Å². The maximum absolute atomic E-state index is 11.6. The number of likely N-dealkylation sites (tertiary alicyclic amines) is 1. The van der Waals surface area contributed by atoms with Crippen molar-refractivity contribution in [3.63, 3.8) is 0 Å². The van der Waals surface area contributed by atoms with Crippen molar-refractivity contribution in [2.75, 3.05) is 6.54 Å². The summed E-state index contributed by atoms with van der Waals surface area (Å²) in [4.78, 5) is 21.2. The quantitative estimate of drug-likeness (QED) is 0.799. The van der Waals surface area contributed by atoms with Crippen LogP contribution in [0.1, 0.15) is 25.0 Å². The van der Waals surface area contributed by atoms with Gasteiger partial charge in [-0.1, -0.05) is 0 Å². The van der Waals surface area contributed by atoms with Crippen LogP contribution in [0.2, 0.25) is 0 Å². The highest BCUT2D eigenvalue weighted by Crippen LogP contribution is 2.16. The van der Waals surface area contributed by atoms with E-state index in [4.69, 9.17) is 0 Å². The summed E-state index contributed by atoms with van der Waals surface area (Å²) >= 11 is 0. The lowest BCUT2D eigenvalue weighted by molar-refractivity contribution is -0.146. The fraction of sp³-hybridized carbons (Fsp3) is 0.545. The molecule has 1 fully saturated rings. The molecule has 86 valence electrons. The number of aliphatic hydroxyl groups is 1. The van der Waals surface area contributed by atoms with E-state index in [9.17, 15) is 9.90 Å². The molecule has 1 aliphatic rings. The van der Waals surface area contributed by atoms with Crippen molar-refractivity contribution in [3.05, 3.63) is 24.3 Å². The van der Waals surface area contributed by atoms with Crippen LogP contribution in [0.3, 0.4) is 0 Å². The third kappa shape index (κ3) is 2.55. The summed E-state index contributed by atoms with van der Waals surface area (Å²) in [5.41, 5.74) is 0.841. The van der Waals surface area contributed by atoms with Crippen molar-refractivity contribution in [1.82, 2.24) is 14.9 Å². The van der Waals surface area contributed by atoms with Crippen LogP contribution in [0.5, 0.6) is 0 Å². The van der Waals surface area contributed by atoms with Gasteiger partial charge in [0, 0.05) is 38.0 Å². The monoisotopic (exact) mass is 221 g/mol. The number of hydrogen-bond donors (Lipinski definition) is 1. The van der Waals surface area contributed by atoms with Gasteiger partial charge in [0.2, 0.25) is 5.91 Å². The van der Waals surface area contributed by atoms with Gasteiger partial charge in [-0.05, 0) is 12.8 Å². The molecule has 0 aromatic carbocycles. The second kappa shape index (κ2) is 5.03. The molecule has 0 spiro atoms. The molecule has 0 aliphatic carbocycles. The molecule has 1 saturated heterocycles. The zero-order valence-electron chi connectivity index (χ0n) is 9.04. The van der Waals surface area contributed by atoms with Gasteiger partial charge >= 0.3 is 0 Å². The van der Waals surface area contributed by atoms with Crippen LogP contribution in [0.15, 0.2) is 18.6 Å². The molecule has 5 heteroatoms. The van der Waals surface area contributed by atoms with Gasteiger partial charge in [0.25, 0.3) is 0 Å². The van der Waals surface area contributed by atoms with E-state index in [0.29, 0.717) is 25.8 Å². The Morgan fingerprint density at radius 3 is 3.06 bits per heavy atom. The Balaban J connectivity index is 1.91. The van der Waals surface area contributed by atoms with Crippen LogP contribution in [-0.2, 0) is 11.2 Å². The minimum absolute atomic E-state index is 0.0302. The van der Waals surface area contributed by atoms with Gasteiger partial charge in [-0.2, -0.15) is 0 Å². The maximum atomic E-state index is 11.6. The highest BCUT2D eigenvalue weighted by Gasteiger charge is 2.25. The number of nitrogens with zero attached hydrogens (tertiary/aromatic N) is 3. The molecule has 0 bridgehead atoms. The van der Waals surface area contributed by atoms with Gasteiger partial charge in [0.1, 0.15) is 6.23 Å². The summed E-state index contributed by atoms with van der Waals surface area (Å²) in [5.74, 6) is 0.0302. The predicted octanol–water partition coefficient (Wildman–Crippen LogP) is 0.350. The first-order chi connectivity index (χ1) is 7.77. The molecule has 0 saturated carbocycles. The molecule has 5 nitrogen and oxygen atoms in total. The van der Waals surface area contributed by atoms with Crippen molar-refractivity contribution in [1.29, 1.82) is 0 Å². The summed E-state index contributed by atoms with van der Waals surface area (Å²) in [6.45, 7) is 0.513. The van der Waals surface area contributed by atoms with E-state index in [-0.39, 0.29) is 5.91 Å². The molecule has 0 radical (unpaired) electrons. The van der Waals surface area contributed by atoms with E-state index in [1.807, 2.05) is 0 Å². The van der Waals surface area contributed by atoms with Gasteiger partial charge in [-0.3, -0.25) is 14.8 Å². The number of amides is 1. The zero-order valence-corrected chi connectivity index (χ0v) is 9.04. The highest BCUT2D eigenvalue weighted by molar-refractivity contribution is 5.77. The molecule has 1 aromatic rings. The second-order valence-corrected chi connectivity index (χ2v) is 3.91. The molecule has 1 aromatic heterocycles. The van der Waals surface area contributed by atoms with Gasteiger partial charge in [-0.15, -0.1) is 0 Å². The van der Waals surface area contributed by atoms with E-state index in [0.717, 1.165) is 12.1 Å². The van der Waals surface area contributed by atoms with Crippen LogP contribution >= 0.6 is 0 Å². The summed E-state index contributed by atoms with van der Waals surface area (Å²) < 4.78 is 0. The molecular weight excluding hydrogens is 206 g/mol. The molecule has 2 heterocycles. The summed E-state index contributed by atoms with van der Waals surface area (Å²) in [5, 5.41) is 9.69. The largest absolute Gasteiger partial charge is 0.374 e. The Bertz CT molecular complexity index is 356. The number of aliphatic hydroxyl groups excluding tert-OH is 1. The van der Waals surface area contributed by atoms with Crippen LogP contribution in [0, 0.1) is 0 Å². The highest BCUT2D eigenvalue weighted by atomic mass is 16.3. The van der Waals surface area contributed by atoms with Crippen molar-refractivity contribution < 1.29 is 9.90 Å². The molecule has 1 amide bonds. The number of piperidine rings is 1. The number of rotatable bonds is 3. The third-order valence-electron chi connectivity index (χ3n) is 2.76. The van der Waals surface area contributed by atoms with E-state index >= 15 is 0 Å². The van der Waals surface area contributed by atoms with E-state index in [2.05, 4.69) is 9.97 Å². The fourth-order valence-electron chi connectivity index (χ4n) is 1.87. The first kappa shape index (κ1) is 11.0. The minimum Gasteiger partial charge on any atom is -0.374 e. The number of carbonyl (C=O) groups excluding carboxylic acids is 1. The number of carbonyl (C=O) groups is 1. The first-order valence-corrected chi connectivity index (χ1v) is 5.50. The lowest BCUT2D eigenvalue weighted by Gasteiger charge is -2.31. The summed E-state index contributed by atoms with van der Waals surface area (Å²) in [6.07, 6.45) is 6.93. The van der Waals surface area contributed by atoms with Gasteiger partial charge in [0.05, 0.1) is 5.69 Å². The summed E-state index contributed by atoms with van der Waals surface area (Å²) in [7, 11) is 0. The molecule has 1 N–H and O–H groups in total. The third-order valence-corrected chi connectivity index (χ3v) is 2.76.